The summed E-state index contributed by atoms with van der Waals surface area (Å²) in [5, 5.41) is 11.7. The number of aromatic nitrogens is 2. The quantitative estimate of drug-likeness (QED) is 0.275. The molecule has 4 aromatic rings. The Morgan fingerprint density at radius 3 is 2.81 bits per heavy atom. The van der Waals surface area contributed by atoms with E-state index in [2.05, 4.69) is 15.4 Å². The second-order valence-corrected chi connectivity index (χ2v) is 13.7. The molecule has 1 unspecified atom stereocenters. The maximum Gasteiger partial charge on any atom is 0.237 e. The van der Waals surface area contributed by atoms with Gasteiger partial charge in [0.2, 0.25) is 5.91 Å². The van der Waals surface area contributed by atoms with Crippen molar-refractivity contribution in [2.24, 2.45) is 0 Å². The summed E-state index contributed by atoms with van der Waals surface area (Å²) in [5.74, 6) is 1.01. The normalized spacial score (nSPS) is 17.0. The Balaban J connectivity index is 1.41. The lowest BCUT2D eigenvalue weighted by atomic mass is 10.1. The van der Waals surface area contributed by atoms with Gasteiger partial charge in [-0.15, -0.1) is 11.3 Å². The Morgan fingerprint density at radius 1 is 1.27 bits per heavy atom. The zero-order valence-electron chi connectivity index (χ0n) is 20.0. The van der Waals surface area contributed by atoms with Gasteiger partial charge in [-0.25, -0.2) is 4.21 Å². The smallest absolute Gasteiger partial charge is 0.237 e. The van der Waals surface area contributed by atoms with Crippen molar-refractivity contribution in [1.29, 1.82) is 0 Å². The number of hydrogen-bond acceptors (Lipinski definition) is 7. The van der Waals surface area contributed by atoms with Gasteiger partial charge in [0.25, 0.3) is 0 Å². The Labute approximate surface area is 229 Å². The summed E-state index contributed by atoms with van der Waals surface area (Å²) in [6, 6.07) is 16.9. The molecule has 12 heteroatoms. The van der Waals surface area contributed by atoms with Gasteiger partial charge in [-0.05, 0) is 54.8 Å². The minimum Gasteiger partial charge on any atom is -0.496 e. The molecule has 2 aromatic carbocycles. The molecule has 0 radical (unpaired) electrons. The van der Waals surface area contributed by atoms with E-state index in [0.29, 0.717) is 38.6 Å². The molecule has 3 heterocycles. The molecule has 3 N–H and O–H groups in total. The predicted octanol–water partition coefficient (Wildman–Crippen LogP) is 4.31. The van der Waals surface area contributed by atoms with Crippen LogP contribution in [0.1, 0.15) is 24.0 Å². The van der Waals surface area contributed by atoms with Crippen molar-refractivity contribution in [3.05, 3.63) is 70.1 Å². The topological polar surface area (TPSA) is 97.3 Å². The molecule has 0 aliphatic carbocycles. The van der Waals surface area contributed by atoms with E-state index < -0.39 is 8.68 Å². The number of carbonyl (C=O) groups excluding carboxylic acids is 1. The lowest BCUT2D eigenvalue weighted by Gasteiger charge is -2.12. The molecule has 0 saturated carbocycles. The van der Waals surface area contributed by atoms with E-state index in [-0.39, 0.29) is 11.9 Å². The van der Waals surface area contributed by atoms with Gasteiger partial charge in [-0.1, -0.05) is 41.9 Å². The number of anilines is 1. The number of fused-ring (bicyclic) bond motifs is 1. The third-order valence-electron chi connectivity index (χ3n) is 6.17. The largest absolute Gasteiger partial charge is 0.496 e. The fourth-order valence-electron chi connectivity index (χ4n) is 4.41. The van der Waals surface area contributed by atoms with Crippen molar-refractivity contribution >= 4 is 65.4 Å². The number of benzene rings is 2. The number of hydrogen-bond donors (Lipinski definition) is 3. The average Bonchev–Trinajstić information content (AvgIpc) is 3.64. The highest BCUT2D eigenvalue weighted by Gasteiger charge is 2.22. The number of nitrogens with zero attached hydrogens (tertiary/aromatic N) is 2. The van der Waals surface area contributed by atoms with E-state index >= 15 is 0 Å². The Kier molecular flexibility index (Phi) is 7.68. The van der Waals surface area contributed by atoms with Crippen LogP contribution in [0.5, 0.6) is 5.75 Å². The number of methoxy groups -OCH3 is 1. The van der Waals surface area contributed by atoms with Crippen LogP contribution in [0.4, 0.5) is 5.82 Å². The fourth-order valence-corrected chi connectivity index (χ4v) is 7.61. The van der Waals surface area contributed by atoms with Crippen molar-refractivity contribution in [1.82, 2.24) is 20.4 Å². The standard InChI is InChI=1S/C25H26ClN5O3S3/c1-34-20-9-3-8-19-23(20)24(30-37(33,35)22-11-10-21(26)36-22)29-31(19)15-17-6-2-5-16(13-17)14-28-25(32)18-7-4-12-27-18/h2-3,5-6,8-11,13,18,27H,4,7,12,14-15H2,1H3,(H,28,32)(H,29,30)/t18-,37?/m1/s1. The average molecular weight is 576 g/mol. The van der Waals surface area contributed by atoms with Crippen LogP contribution in [0, 0.1) is 0 Å². The summed E-state index contributed by atoms with van der Waals surface area (Å²) in [6.07, 6.45) is 1.89. The molecule has 2 atom stereocenters. The van der Waals surface area contributed by atoms with Crippen LogP contribution in [-0.2, 0) is 37.8 Å². The van der Waals surface area contributed by atoms with Crippen LogP contribution in [0.3, 0.4) is 0 Å². The molecule has 1 fully saturated rings. The molecule has 1 saturated heterocycles. The molecule has 37 heavy (non-hydrogen) atoms. The van der Waals surface area contributed by atoms with Gasteiger partial charge in [0, 0.05) is 17.7 Å². The first-order chi connectivity index (χ1) is 17.8. The number of thiophene rings is 1. The third kappa shape index (κ3) is 5.75. The van der Waals surface area contributed by atoms with Gasteiger partial charge < -0.3 is 15.4 Å². The van der Waals surface area contributed by atoms with E-state index in [9.17, 15) is 9.00 Å². The Morgan fingerprint density at radius 2 is 2.08 bits per heavy atom. The van der Waals surface area contributed by atoms with Crippen LogP contribution < -0.4 is 20.1 Å². The molecule has 0 spiro atoms. The third-order valence-corrected chi connectivity index (χ3v) is 10.4. The predicted molar refractivity (Wildman–Crippen MR) is 151 cm³/mol. The van der Waals surface area contributed by atoms with Crippen LogP contribution >= 0.6 is 22.9 Å². The molecule has 5 rings (SSSR count). The van der Waals surface area contributed by atoms with E-state index in [4.69, 9.17) is 32.6 Å². The molecule has 1 aliphatic rings. The molecule has 2 aromatic heterocycles. The van der Waals surface area contributed by atoms with Gasteiger partial charge in [0.05, 0.1) is 34.9 Å². The van der Waals surface area contributed by atoms with E-state index in [1.54, 1.807) is 19.2 Å². The summed E-state index contributed by atoms with van der Waals surface area (Å²) in [6.45, 7) is 1.79. The summed E-state index contributed by atoms with van der Waals surface area (Å²) in [7, 11) is -1.48. The van der Waals surface area contributed by atoms with Gasteiger partial charge in [0.1, 0.15) is 9.96 Å². The highest BCUT2D eigenvalue weighted by molar-refractivity contribution is 8.34. The number of rotatable bonds is 9. The number of amides is 1. The molecule has 0 bridgehead atoms. The number of carbonyl (C=O) groups is 1. The number of nitrogens with one attached hydrogen (secondary N) is 3. The first-order valence-corrected chi connectivity index (χ1v) is 15.4. The SMILES string of the molecule is COc1cccc2c1c(NS(=O)(=S)c1ccc(Cl)s1)nn2Cc1cccc(CNC(=O)[C@H]2CCCN2)c1. The van der Waals surface area contributed by atoms with Crippen LogP contribution in [-0.4, -0.2) is 39.6 Å². The second kappa shape index (κ2) is 11.0. The summed E-state index contributed by atoms with van der Waals surface area (Å²) in [4.78, 5) is 12.4. The number of ether oxygens (including phenoxy) is 1. The summed E-state index contributed by atoms with van der Waals surface area (Å²) in [5.41, 5.74) is 2.82. The van der Waals surface area contributed by atoms with Crippen LogP contribution in [0.2, 0.25) is 4.34 Å². The van der Waals surface area contributed by atoms with E-state index in [1.165, 1.54) is 11.3 Å². The summed E-state index contributed by atoms with van der Waals surface area (Å²) < 4.78 is 24.7. The van der Waals surface area contributed by atoms with Crippen molar-refractivity contribution in [2.45, 2.75) is 36.2 Å². The van der Waals surface area contributed by atoms with Crippen molar-refractivity contribution < 1.29 is 13.7 Å². The number of halogens is 1. The lowest BCUT2D eigenvalue weighted by molar-refractivity contribution is -0.122. The minimum atomic E-state index is -3.06. The van der Waals surface area contributed by atoms with E-state index in [0.717, 1.165) is 36.0 Å². The zero-order valence-corrected chi connectivity index (χ0v) is 23.2. The highest BCUT2D eigenvalue weighted by Crippen LogP contribution is 2.35. The Bertz CT molecular complexity index is 1540. The first kappa shape index (κ1) is 25.9. The summed E-state index contributed by atoms with van der Waals surface area (Å²) >= 11 is 12.7. The van der Waals surface area contributed by atoms with Gasteiger partial charge in [0.15, 0.2) is 14.5 Å². The first-order valence-electron chi connectivity index (χ1n) is 11.7. The lowest BCUT2D eigenvalue weighted by Crippen LogP contribution is -2.40. The van der Waals surface area contributed by atoms with Gasteiger partial charge >= 0.3 is 0 Å². The Hall–Kier alpha value is -2.70. The van der Waals surface area contributed by atoms with E-state index in [1.807, 2.05) is 47.1 Å². The van der Waals surface area contributed by atoms with Gasteiger partial charge in [-0.3, -0.25) is 14.2 Å². The zero-order chi connectivity index (χ0) is 26.0. The second-order valence-electron chi connectivity index (χ2n) is 8.71. The minimum absolute atomic E-state index is 0.0309. The highest BCUT2D eigenvalue weighted by atomic mass is 35.5. The molecule has 1 aliphatic heterocycles. The fraction of sp³-hybridized carbons (Fsp3) is 0.280. The maximum atomic E-state index is 13.4. The van der Waals surface area contributed by atoms with Crippen molar-refractivity contribution in [3.8, 4) is 5.75 Å². The van der Waals surface area contributed by atoms with Gasteiger partial charge in [-0.2, -0.15) is 5.10 Å². The van der Waals surface area contributed by atoms with Crippen molar-refractivity contribution in [2.75, 3.05) is 18.4 Å². The maximum absolute atomic E-state index is 13.4. The molecule has 8 nitrogen and oxygen atoms in total. The molecule has 1 amide bonds. The van der Waals surface area contributed by atoms with Crippen molar-refractivity contribution in [3.63, 3.8) is 0 Å². The molecular weight excluding hydrogens is 550 g/mol. The molecular formula is C25H26ClN5O3S3. The molecule has 194 valence electrons. The van der Waals surface area contributed by atoms with Crippen LogP contribution in [0.25, 0.3) is 10.9 Å². The monoisotopic (exact) mass is 575 g/mol. The van der Waals surface area contributed by atoms with Crippen LogP contribution in [0.15, 0.2) is 58.8 Å².